The molecule has 1 saturated heterocycles. The van der Waals surface area contributed by atoms with Gasteiger partial charge in [0.05, 0.1) is 0 Å². The van der Waals surface area contributed by atoms with Gasteiger partial charge in [0.25, 0.3) is 0 Å². The maximum Gasteiger partial charge on any atom is 0.433 e. The molecule has 2 rings (SSSR count). The lowest BCUT2D eigenvalue weighted by Gasteiger charge is -2.39. The Hall–Kier alpha value is -1.37. The molecule has 7 heteroatoms. The molecule has 1 N–H and O–H groups in total. The average Bonchev–Trinajstić information content (AvgIpc) is 2.39. The van der Waals surface area contributed by atoms with Crippen molar-refractivity contribution < 1.29 is 13.2 Å². The normalized spacial score (nSPS) is 19.5. The molecule has 1 fully saturated rings. The van der Waals surface area contributed by atoms with Gasteiger partial charge in [0.15, 0.2) is 0 Å². The zero-order valence-electron chi connectivity index (χ0n) is 11.0. The topological polar surface area (TPSA) is 41.0 Å². The van der Waals surface area contributed by atoms with Crippen molar-refractivity contribution in [1.29, 1.82) is 0 Å². The summed E-state index contributed by atoms with van der Waals surface area (Å²) in [5.74, 6) is 0.160. The van der Waals surface area contributed by atoms with E-state index in [9.17, 15) is 13.2 Å². The molecule has 0 saturated carbocycles. The lowest BCUT2D eigenvalue weighted by Crippen LogP contribution is -2.50. The van der Waals surface area contributed by atoms with Gasteiger partial charge in [0.2, 0.25) is 5.95 Å². The predicted molar refractivity (Wildman–Crippen MR) is 65.9 cm³/mol. The minimum Gasteiger partial charge on any atom is -0.341 e. The van der Waals surface area contributed by atoms with Crippen molar-refractivity contribution >= 4 is 5.95 Å². The first-order valence-corrected chi connectivity index (χ1v) is 6.18. The standard InChI is InChI=1S/C12H17F3N4/c1-11(16-2)4-7-19(8-5-11)10-17-6-3-9(18-10)12(13,14)15/h3,6,16H,4-5,7-8H2,1-2H3. The molecule has 0 unspecified atom stereocenters. The quantitative estimate of drug-likeness (QED) is 0.896. The fraction of sp³-hybridized carbons (Fsp3) is 0.667. The smallest absolute Gasteiger partial charge is 0.341 e. The van der Waals surface area contributed by atoms with Gasteiger partial charge in [-0.25, -0.2) is 9.97 Å². The third kappa shape index (κ3) is 3.15. The molecule has 0 aliphatic carbocycles. The van der Waals surface area contributed by atoms with Crippen LogP contribution in [0, 0.1) is 0 Å². The predicted octanol–water partition coefficient (Wildman–Crippen LogP) is 2.07. The van der Waals surface area contributed by atoms with E-state index in [1.807, 2.05) is 7.05 Å². The van der Waals surface area contributed by atoms with Gasteiger partial charge in [-0.15, -0.1) is 0 Å². The average molecular weight is 274 g/mol. The number of rotatable bonds is 2. The highest BCUT2D eigenvalue weighted by Gasteiger charge is 2.34. The number of piperidine rings is 1. The third-order valence-electron chi connectivity index (χ3n) is 3.69. The molecule has 1 aliphatic heterocycles. The van der Waals surface area contributed by atoms with E-state index in [1.54, 1.807) is 4.90 Å². The van der Waals surface area contributed by atoms with Crippen LogP contribution in [-0.2, 0) is 6.18 Å². The van der Waals surface area contributed by atoms with Crippen LogP contribution in [0.4, 0.5) is 19.1 Å². The van der Waals surface area contributed by atoms with Crippen LogP contribution in [0.5, 0.6) is 0 Å². The minimum atomic E-state index is -4.42. The van der Waals surface area contributed by atoms with Crippen LogP contribution in [0.3, 0.4) is 0 Å². The van der Waals surface area contributed by atoms with Crippen LogP contribution >= 0.6 is 0 Å². The van der Waals surface area contributed by atoms with E-state index in [2.05, 4.69) is 22.2 Å². The number of nitrogens with one attached hydrogen (secondary N) is 1. The molecule has 1 aromatic heterocycles. The fourth-order valence-electron chi connectivity index (χ4n) is 2.11. The summed E-state index contributed by atoms with van der Waals surface area (Å²) in [4.78, 5) is 9.36. The van der Waals surface area contributed by atoms with Gasteiger partial charge in [-0.2, -0.15) is 13.2 Å². The number of aromatic nitrogens is 2. The highest BCUT2D eigenvalue weighted by Crippen LogP contribution is 2.29. The molecule has 0 bridgehead atoms. The molecule has 1 aliphatic rings. The Labute approximate surface area is 110 Å². The molecule has 1 aromatic rings. The minimum absolute atomic E-state index is 0.0398. The molecule has 0 aromatic carbocycles. The van der Waals surface area contributed by atoms with Gasteiger partial charge in [-0.05, 0) is 32.9 Å². The Morgan fingerprint density at radius 3 is 2.47 bits per heavy atom. The Kier molecular flexibility index (Phi) is 3.66. The van der Waals surface area contributed by atoms with E-state index in [0.29, 0.717) is 13.1 Å². The van der Waals surface area contributed by atoms with E-state index in [-0.39, 0.29) is 11.5 Å². The van der Waals surface area contributed by atoms with Gasteiger partial charge in [0, 0.05) is 24.8 Å². The van der Waals surface area contributed by atoms with Crippen LogP contribution in [0.1, 0.15) is 25.5 Å². The maximum absolute atomic E-state index is 12.6. The lowest BCUT2D eigenvalue weighted by atomic mass is 9.90. The van der Waals surface area contributed by atoms with Gasteiger partial charge in [0.1, 0.15) is 5.69 Å². The Balaban J connectivity index is 2.12. The molecule has 2 heterocycles. The number of hydrogen-bond donors (Lipinski definition) is 1. The summed E-state index contributed by atoms with van der Waals surface area (Å²) in [6.07, 6.45) is -1.56. The SMILES string of the molecule is CNC1(C)CCN(c2nccc(C(F)(F)F)n2)CC1. The summed E-state index contributed by atoms with van der Waals surface area (Å²) >= 11 is 0. The van der Waals surface area contributed by atoms with E-state index >= 15 is 0 Å². The fourth-order valence-corrected chi connectivity index (χ4v) is 2.11. The molecule has 0 radical (unpaired) electrons. The second kappa shape index (κ2) is 4.96. The van der Waals surface area contributed by atoms with Crippen molar-refractivity contribution in [3.05, 3.63) is 18.0 Å². The van der Waals surface area contributed by atoms with E-state index in [1.165, 1.54) is 0 Å². The van der Waals surface area contributed by atoms with Crippen LogP contribution in [0.15, 0.2) is 12.3 Å². The molecule has 0 spiro atoms. The second-order valence-electron chi connectivity index (χ2n) is 5.04. The number of nitrogens with zero attached hydrogens (tertiary/aromatic N) is 3. The van der Waals surface area contributed by atoms with Crippen molar-refractivity contribution in [2.24, 2.45) is 0 Å². The van der Waals surface area contributed by atoms with Crippen molar-refractivity contribution in [2.75, 3.05) is 25.0 Å². The number of anilines is 1. The first kappa shape index (κ1) is 14.0. The molecular formula is C12H17F3N4. The zero-order chi connectivity index (χ0) is 14.1. The second-order valence-corrected chi connectivity index (χ2v) is 5.04. The van der Waals surface area contributed by atoms with E-state index in [0.717, 1.165) is 25.1 Å². The van der Waals surface area contributed by atoms with Gasteiger partial charge in [-0.1, -0.05) is 0 Å². The number of alkyl halides is 3. The van der Waals surface area contributed by atoms with Crippen LogP contribution in [0.25, 0.3) is 0 Å². The van der Waals surface area contributed by atoms with Crippen molar-refractivity contribution in [1.82, 2.24) is 15.3 Å². The van der Waals surface area contributed by atoms with Crippen molar-refractivity contribution in [3.63, 3.8) is 0 Å². The zero-order valence-corrected chi connectivity index (χ0v) is 11.0. The molecule has 0 atom stereocenters. The first-order chi connectivity index (χ1) is 8.84. The third-order valence-corrected chi connectivity index (χ3v) is 3.69. The van der Waals surface area contributed by atoms with Crippen LogP contribution in [-0.4, -0.2) is 35.6 Å². The highest BCUT2D eigenvalue weighted by molar-refractivity contribution is 5.32. The summed E-state index contributed by atoms with van der Waals surface area (Å²) in [5, 5.41) is 3.24. The Morgan fingerprint density at radius 1 is 1.32 bits per heavy atom. The van der Waals surface area contributed by atoms with Crippen LogP contribution in [0.2, 0.25) is 0 Å². The van der Waals surface area contributed by atoms with E-state index < -0.39 is 11.9 Å². The lowest BCUT2D eigenvalue weighted by molar-refractivity contribution is -0.141. The summed E-state index contributed by atoms with van der Waals surface area (Å²) < 4.78 is 37.8. The van der Waals surface area contributed by atoms with Crippen molar-refractivity contribution in [2.45, 2.75) is 31.5 Å². The first-order valence-electron chi connectivity index (χ1n) is 6.18. The van der Waals surface area contributed by atoms with Gasteiger partial charge in [-0.3, -0.25) is 0 Å². The molecule has 19 heavy (non-hydrogen) atoms. The largest absolute Gasteiger partial charge is 0.433 e. The molecule has 106 valence electrons. The summed E-state index contributed by atoms with van der Waals surface area (Å²) in [5.41, 5.74) is -0.850. The molecule has 4 nitrogen and oxygen atoms in total. The van der Waals surface area contributed by atoms with Crippen LogP contribution < -0.4 is 10.2 Å². The number of hydrogen-bond acceptors (Lipinski definition) is 4. The summed E-state index contributed by atoms with van der Waals surface area (Å²) in [6.45, 7) is 3.41. The Morgan fingerprint density at radius 2 is 1.95 bits per heavy atom. The maximum atomic E-state index is 12.6. The van der Waals surface area contributed by atoms with E-state index in [4.69, 9.17) is 0 Å². The Bertz CT molecular complexity index is 439. The summed E-state index contributed by atoms with van der Waals surface area (Å²) in [7, 11) is 1.90. The summed E-state index contributed by atoms with van der Waals surface area (Å²) in [6, 6.07) is 0.894. The monoisotopic (exact) mass is 274 g/mol. The van der Waals surface area contributed by atoms with Gasteiger partial charge < -0.3 is 10.2 Å². The molecule has 0 amide bonds. The number of halogens is 3. The van der Waals surface area contributed by atoms with Gasteiger partial charge >= 0.3 is 6.18 Å². The molecular weight excluding hydrogens is 257 g/mol. The highest BCUT2D eigenvalue weighted by atomic mass is 19.4. The van der Waals surface area contributed by atoms with Crippen molar-refractivity contribution in [3.8, 4) is 0 Å².